The quantitative estimate of drug-likeness (QED) is 0.758. The average molecular weight is 216 g/mol. The Morgan fingerprint density at radius 3 is 2.88 bits per heavy atom. The number of nitriles is 1. The molecule has 0 aliphatic carbocycles. The zero-order valence-corrected chi connectivity index (χ0v) is 8.80. The largest absolute Gasteiger partial charge is 0.449 e. The van der Waals surface area contributed by atoms with Crippen LogP contribution in [0.1, 0.15) is 12.0 Å². The zero-order valence-electron chi connectivity index (χ0n) is 8.80. The summed E-state index contributed by atoms with van der Waals surface area (Å²) >= 11 is 0. The summed E-state index contributed by atoms with van der Waals surface area (Å²) in [7, 11) is 0. The predicted molar refractivity (Wildman–Crippen MR) is 57.4 cm³/mol. The van der Waals surface area contributed by atoms with Crippen LogP contribution in [0, 0.1) is 11.3 Å². The summed E-state index contributed by atoms with van der Waals surface area (Å²) < 4.78 is 4.93. The Hall–Kier alpha value is -2.02. The lowest BCUT2D eigenvalue weighted by Gasteiger charge is -2.30. The Kier molecular flexibility index (Phi) is 3.06. The van der Waals surface area contributed by atoms with Crippen molar-refractivity contribution >= 4 is 6.09 Å². The molecule has 0 aromatic heterocycles. The summed E-state index contributed by atoms with van der Waals surface area (Å²) in [6, 6.07) is 11.3. The van der Waals surface area contributed by atoms with Crippen molar-refractivity contribution in [3.63, 3.8) is 0 Å². The van der Waals surface area contributed by atoms with E-state index in [1.54, 1.807) is 0 Å². The van der Waals surface area contributed by atoms with E-state index >= 15 is 0 Å². The summed E-state index contributed by atoms with van der Waals surface area (Å²) in [6.45, 7) is 0.764. The summed E-state index contributed by atoms with van der Waals surface area (Å²) in [5.74, 6) is 0. The molecule has 82 valence electrons. The Bertz CT molecular complexity index is 411. The van der Waals surface area contributed by atoms with Crippen molar-refractivity contribution in [1.29, 1.82) is 5.26 Å². The second-order valence-corrected chi connectivity index (χ2v) is 3.66. The van der Waals surface area contributed by atoms with E-state index in [9.17, 15) is 4.79 Å². The van der Waals surface area contributed by atoms with Crippen LogP contribution in [0.2, 0.25) is 0 Å². The first-order valence-corrected chi connectivity index (χ1v) is 5.18. The van der Waals surface area contributed by atoms with Crippen molar-refractivity contribution in [1.82, 2.24) is 4.90 Å². The molecular formula is C12H12N2O2. The van der Waals surface area contributed by atoms with Gasteiger partial charge in [-0.1, -0.05) is 30.3 Å². The van der Waals surface area contributed by atoms with Gasteiger partial charge in [0.1, 0.15) is 6.04 Å². The summed E-state index contributed by atoms with van der Waals surface area (Å²) in [4.78, 5) is 13.0. The minimum Gasteiger partial charge on any atom is -0.449 e. The van der Waals surface area contributed by atoms with Crippen molar-refractivity contribution < 1.29 is 9.53 Å². The number of benzene rings is 1. The van der Waals surface area contributed by atoms with Crippen LogP contribution in [-0.4, -0.2) is 23.6 Å². The molecule has 1 atom stereocenters. The van der Waals surface area contributed by atoms with Gasteiger partial charge in [0.25, 0.3) is 0 Å². The van der Waals surface area contributed by atoms with Gasteiger partial charge in [-0.2, -0.15) is 5.26 Å². The maximum atomic E-state index is 11.5. The molecule has 1 unspecified atom stereocenters. The molecule has 2 rings (SSSR count). The van der Waals surface area contributed by atoms with Crippen LogP contribution in [0.3, 0.4) is 0 Å². The van der Waals surface area contributed by atoms with Crippen molar-refractivity contribution in [2.45, 2.75) is 19.0 Å². The van der Waals surface area contributed by atoms with Gasteiger partial charge in [0.05, 0.1) is 19.2 Å². The van der Waals surface area contributed by atoms with Gasteiger partial charge in [-0.25, -0.2) is 4.79 Å². The van der Waals surface area contributed by atoms with Crippen LogP contribution < -0.4 is 0 Å². The fraction of sp³-hybridized carbons (Fsp3) is 0.333. The van der Waals surface area contributed by atoms with Gasteiger partial charge in [0, 0.05) is 6.42 Å². The molecule has 1 aliphatic rings. The highest BCUT2D eigenvalue weighted by Crippen LogP contribution is 2.16. The molecule has 0 radical (unpaired) electrons. The first-order valence-electron chi connectivity index (χ1n) is 5.18. The Labute approximate surface area is 94.0 Å². The minimum atomic E-state index is -0.401. The summed E-state index contributed by atoms with van der Waals surface area (Å²) in [5.41, 5.74) is 1.00. The number of hydrogen-bond donors (Lipinski definition) is 0. The monoisotopic (exact) mass is 216 g/mol. The number of cyclic esters (lactones) is 1. The molecule has 4 heteroatoms. The molecule has 0 bridgehead atoms. The molecule has 0 saturated carbocycles. The molecule has 1 aromatic carbocycles. The molecule has 1 aliphatic heterocycles. The van der Waals surface area contributed by atoms with E-state index in [1.165, 1.54) is 4.90 Å². The first-order chi connectivity index (χ1) is 7.81. The summed E-state index contributed by atoms with van der Waals surface area (Å²) in [5, 5.41) is 8.96. The number of hydrogen-bond acceptors (Lipinski definition) is 3. The van der Waals surface area contributed by atoms with Gasteiger partial charge < -0.3 is 4.74 Å². The van der Waals surface area contributed by atoms with E-state index < -0.39 is 6.09 Å². The highest BCUT2D eigenvalue weighted by Gasteiger charge is 2.29. The van der Waals surface area contributed by atoms with E-state index in [0.717, 1.165) is 5.56 Å². The van der Waals surface area contributed by atoms with Crippen LogP contribution in [0.5, 0.6) is 0 Å². The van der Waals surface area contributed by atoms with E-state index in [-0.39, 0.29) is 6.04 Å². The van der Waals surface area contributed by atoms with E-state index in [4.69, 9.17) is 10.00 Å². The maximum Gasteiger partial charge on any atom is 0.411 e. The minimum absolute atomic E-state index is 0.336. The number of amides is 1. The standard InChI is InChI=1S/C12H12N2O2/c13-8-11-6-7-16-12(15)14(11)9-10-4-2-1-3-5-10/h1-5,11H,6-7,9H2. The highest BCUT2D eigenvalue weighted by molar-refractivity contribution is 5.69. The fourth-order valence-electron chi connectivity index (χ4n) is 1.71. The van der Waals surface area contributed by atoms with Gasteiger partial charge in [-0.3, -0.25) is 4.90 Å². The number of rotatable bonds is 2. The zero-order chi connectivity index (χ0) is 11.4. The maximum absolute atomic E-state index is 11.5. The van der Waals surface area contributed by atoms with Crippen molar-refractivity contribution in [2.24, 2.45) is 0 Å². The molecular weight excluding hydrogens is 204 g/mol. The van der Waals surface area contributed by atoms with Crippen molar-refractivity contribution in [2.75, 3.05) is 6.61 Å². The van der Waals surface area contributed by atoms with E-state index in [2.05, 4.69) is 6.07 Å². The smallest absolute Gasteiger partial charge is 0.411 e. The number of nitrogens with zero attached hydrogens (tertiary/aromatic N) is 2. The SMILES string of the molecule is N#CC1CCOC(=O)N1Cc1ccccc1. The lowest BCUT2D eigenvalue weighted by molar-refractivity contribution is 0.0545. The molecule has 0 spiro atoms. The first kappa shape index (κ1) is 10.5. The van der Waals surface area contributed by atoms with Crippen LogP contribution >= 0.6 is 0 Å². The average Bonchev–Trinajstić information content (AvgIpc) is 2.33. The highest BCUT2D eigenvalue weighted by atomic mass is 16.6. The van der Waals surface area contributed by atoms with Crippen LogP contribution in [0.25, 0.3) is 0 Å². The van der Waals surface area contributed by atoms with Gasteiger partial charge in [0.2, 0.25) is 0 Å². The van der Waals surface area contributed by atoms with Crippen LogP contribution in [0.15, 0.2) is 30.3 Å². The van der Waals surface area contributed by atoms with E-state index in [0.29, 0.717) is 19.6 Å². The second-order valence-electron chi connectivity index (χ2n) is 3.66. The fourth-order valence-corrected chi connectivity index (χ4v) is 1.71. The molecule has 1 fully saturated rings. The van der Waals surface area contributed by atoms with E-state index in [1.807, 2.05) is 30.3 Å². The normalized spacial score (nSPS) is 20.1. The predicted octanol–water partition coefficient (Wildman–Crippen LogP) is 1.92. The third-order valence-corrected chi connectivity index (χ3v) is 2.57. The third kappa shape index (κ3) is 2.14. The van der Waals surface area contributed by atoms with Crippen LogP contribution in [0.4, 0.5) is 4.79 Å². The summed E-state index contributed by atoms with van der Waals surface area (Å²) in [6.07, 6.45) is 0.177. The Balaban J connectivity index is 2.12. The lowest BCUT2D eigenvalue weighted by Crippen LogP contribution is -2.44. The molecule has 1 saturated heterocycles. The second kappa shape index (κ2) is 4.67. The molecule has 16 heavy (non-hydrogen) atoms. The number of carbonyl (C=O) groups is 1. The topological polar surface area (TPSA) is 53.3 Å². The molecule has 0 N–H and O–H groups in total. The number of ether oxygens (including phenoxy) is 1. The Morgan fingerprint density at radius 2 is 2.19 bits per heavy atom. The van der Waals surface area contributed by atoms with Gasteiger partial charge in [-0.05, 0) is 5.56 Å². The van der Waals surface area contributed by atoms with Gasteiger partial charge in [0.15, 0.2) is 0 Å². The lowest BCUT2D eigenvalue weighted by atomic mass is 10.1. The van der Waals surface area contributed by atoms with Crippen molar-refractivity contribution in [3.05, 3.63) is 35.9 Å². The molecule has 1 amide bonds. The van der Waals surface area contributed by atoms with Gasteiger partial charge in [-0.15, -0.1) is 0 Å². The van der Waals surface area contributed by atoms with Gasteiger partial charge >= 0.3 is 6.09 Å². The van der Waals surface area contributed by atoms with Crippen molar-refractivity contribution in [3.8, 4) is 6.07 Å². The van der Waals surface area contributed by atoms with Crippen LogP contribution in [-0.2, 0) is 11.3 Å². The molecule has 1 aromatic rings. The molecule has 4 nitrogen and oxygen atoms in total. The number of carbonyl (C=O) groups excluding carboxylic acids is 1. The Morgan fingerprint density at radius 1 is 1.44 bits per heavy atom. The third-order valence-electron chi connectivity index (χ3n) is 2.57. The molecule has 1 heterocycles.